The van der Waals surface area contributed by atoms with Crippen molar-refractivity contribution in [1.82, 2.24) is 0 Å². The zero-order valence-corrected chi connectivity index (χ0v) is 11.6. The van der Waals surface area contributed by atoms with Crippen LogP contribution >= 0.6 is 0 Å². The van der Waals surface area contributed by atoms with Gasteiger partial charge in [-0.25, -0.2) is 9.18 Å². The molecule has 104 valence electrons. The molecule has 0 aliphatic rings. The van der Waals surface area contributed by atoms with Crippen LogP contribution in [0.25, 0.3) is 11.1 Å². The quantitative estimate of drug-likeness (QED) is 0.875. The molecule has 0 amide bonds. The molecule has 3 heteroatoms. The second kappa shape index (κ2) is 5.87. The van der Waals surface area contributed by atoms with E-state index in [2.05, 4.69) is 13.8 Å². The van der Waals surface area contributed by atoms with Crippen molar-refractivity contribution in [2.24, 2.45) is 0 Å². The lowest BCUT2D eigenvalue weighted by Crippen LogP contribution is -2.01. The van der Waals surface area contributed by atoms with Gasteiger partial charge in [0.25, 0.3) is 0 Å². The van der Waals surface area contributed by atoms with Gasteiger partial charge < -0.3 is 5.11 Å². The Balaban J connectivity index is 2.42. The van der Waals surface area contributed by atoms with E-state index in [1.807, 2.05) is 24.3 Å². The number of benzene rings is 2. The van der Waals surface area contributed by atoms with E-state index in [1.54, 1.807) is 12.1 Å². The van der Waals surface area contributed by atoms with Gasteiger partial charge in [0.2, 0.25) is 0 Å². The summed E-state index contributed by atoms with van der Waals surface area (Å²) in [7, 11) is 0. The van der Waals surface area contributed by atoms with Crippen LogP contribution in [0.15, 0.2) is 42.5 Å². The molecule has 1 atom stereocenters. The largest absolute Gasteiger partial charge is 0.478 e. The summed E-state index contributed by atoms with van der Waals surface area (Å²) in [5, 5.41) is 8.95. The molecule has 2 aromatic carbocycles. The zero-order valence-electron chi connectivity index (χ0n) is 11.6. The highest BCUT2D eigenvalue weighted by atomic mass is 19.1. The molecule has 0 heterocycles. The number of hydrogen-bond acceptors (Lipinski definition) is 1. The van der Waals surface area contributed by atoms with Gasteiger partial charge in [-0.2, -0.15) is 0 Å². The van der Waals surface area contributed by atoms with Crippen LogP contribution in [0.1, 0.15) is 42.1 Å². The predicted molar refractivity (Wildman–Crippen MR) is 77.5 cm³/mol. The Bertz CT molecular complexity index is 617. The lowest BCUT2D eigenvalue weighted by molar-refractivity contribution is 0.0692. The Kier molecular flexibility index (Phi) is 4.18. The van der Waals surface area contributed by atoms with E-state index in [-0.39, 0.29) is 5.56 Å². The van der Waals surface area contributed by atoms with Crippen LogP contribution in [0, 0.1) is 5.82 Å². The van der Waals surface area contributed by atoms with Crippen LogP contribution < -0.4 is 0 Å². The smallest absolute Gasteiger partial charge is 0.338 e. The first-order valence-corrected chi connectivity index (χ1v) is 6.66. The van der Waals surface area contributed by atoms with Gasteiger partial charge in [-0.1, -0.05) is 50.2 Å². The molecule has 0 saturated heterocycles. The molecule has 0 aliphatic carbocycles. The summed E-state index contributed by atoms with van der Waals surface area (Å²) in [6.45, 7) is 4.26. The Morgan fingerprint density at radius 2 is 1.85 bits per heavy atom. The predicted octanol–water partition coefficient (Wildman–Crippen LogP) is 4.70. The van der Waals surface area contributed by atoms with E-state index in [0.717, 1.165) is 6.42 Å². The van der Waals surface area contributed by atoms with E-state index in [1.165, 1.54) is 11.6 Å². The fraction of sp³-hybridized carbons (Fsp3) is 0.235. The van der Waals surface area contributed by atoms with E-state index in [4.69, 9.17) is 5.11 Å². The second-order valence-corrected chi connectivity index (χ2v) is 4.90. The summed E-state index contributed by atoms with van der Waals surface area (Å²) in [6.07, 6.45) is 1.04. The number of carboxylic acid groups (broad SMARTS) is 1. The van der Waals surface area contributed by atoms with Gasteiger partial charge in [-0.15, -0.1) is 0 Å². The van der Waals surface area contributed by atoms with Gasteiger partial charge in [0.1, 0.15) is 5.82 Å². The molecular weight excluding hydrogens is 255 g/mol. The van der Waals surface area contributed by atoms with Crippen molar-refractivity contribution >= 4 is 5.97 Å². The molecule has 0 radical (unpaired) electrons. The fourth-order valence-corrected chi connectivity index (χ4v) is 2.15. The zero-order chi connectivity index (χ0) is 14.7. The van der Waals surface area contributed by atoms with Crippen molar-refractivity contribution < 1.29 is 14.3 Å². The van der Waals surface area contributed by atoms with E-state index < -0.39 is 11.8 Å². The first-order valence-electron chi connectivity index (χ1n) is 6.66. The van der Waals surface area contributed by atoms with Crippen molar-refractivity contribution in [3.8, 4) is 11.1 Å². The van der Waals surface area contributed by atoms with Gasteiger partial charge in [-0.05, 0) is 29.5 Å². The summed E-state index contributed by atoms with van der Waals surface area (Å²) >= 11 is 0. The van der Waals surface area contributed by atoms with Crippen LogP contribution in [0.3, 0.4) is 0 Å². The minimum Gasteiger partial charge on any atom is -0.478 e. The number of carbonyl (C=O) groups is 1. The lowest BCUT2D eigenvalue weighted by atomic mass is 9.95. The highest BCUT2D eigenvalue weighted by Gasteiger charge is 2.15. The summed E-state index contributed by atoms with van der Waals surface area (Å²) in [4.78, 5) is 10.9. The van der Waals surface area contributed by atoms with Gasteiger partial charge in [0.05, 0.1) is 5.56 Å². The van der Waals surface area contributed by atoms with Crippen molar-refractivity contribution in [2.45, 2.75) is 26.2 Å². The van der Waals surface area contributed by atoms with Crippen molar-refractivity contribution in [2.75, 3.05) is 0 Å². The standard InChI is InChI=1S/C17H17FO2/c1-3-11(2)12-7-9-13(10-8-12)14-5-4-6-15(16(14)18)17(19)20/h4-11H,3H2,1-2H3,(H,19,20). The van der Waals surface area contributed by atoms with Crippen LogP contribution in [-0.2, 0) is 0 Å². The Hall–Kier alpha value is -2.16. The third kappa shape index (κ3) is 2.72. The Labute approximate surface area is 117 Å². The maximum absolute atomic E-state index is 14.2. The Morgan fingerprint density at radius 1 is 1.20 bits per heavy atom. The molecule has 0 fully saturated rings. The number of halogens is 1. The molecule has 0 spiro atoms. The number of aromatic carboxylic acids is 1. The first-order chi connectivity index (χ1) is 9.54. The minimum absolute atomic E-state index is 0.298. The van der Waals surface area contributed by atoms with Crippen molar-refractivity contribution in [3.05, 3.63) is 59.4 Å². The van der Waals surface area contributed by atoms with Gasteiger partial charge >= 0.3 is 5.97 Å². The molecule has 0 aliphatic heterocycles. The SMILES string of the molecule is CCC(C)c1ccc(-c2cccc(C(=O)O)c2F)cc1. The van der Waals surface area contributed by atoms with E-state index in [0.29, 0.717) is 17.0 Å². The van der Waals surface area contributed by atoms with Crippen molar-refractivity contribution in [3.63, 3.8) is 0 Å². The van der Waals surface area contributed by atoms with Gasteiger partial charge in [0, 0.05) is 5.56 Å². The summed E-state index contributed by atoms with van der Waals surface area (Å²) in [5.41, 5.74) is 1.91. The molecule has 0 bridgehead atoms. The molecular formula is C17H17FO2. The molecule has 2 aromatic rings. The van der Waals surface area contributed by atoms with Gasteiger partial charge in [0.15, 0.2) is 0 Å². The molecule has 1 unspecified atom stereocenters. The van der Waals surface area contributed by atoms with Gasteiger partial charge in [-0.3, -0.25) is 0 Å². The topological polar surface area (TPSA) is 37.3 Å². The number of hydrogen-bond donors (Lipinski definition) is 1. The van der Waals surface area contributed by atoms with E-state index >= 15 is 0 Å². The van der Waals surface area contributed by atoms with Crippen LogP contribution in [0.5, 0.6) is 0 Å². The highest BCUT2D eigenvalue weighted by molar-refractivity contribution is 5.90. The third-order valence-electron chi connectivity index (χ3n) is 3.63. The monoisotopic (exact) mass is 272 g/mol. The first kappa shape index (κ1) is 14.3. The molecule has 20 heavy (non-hydrogen) atoms. The van der Waals surface area contributed by atoms with Crippen molar-refractivity contribution in [1.29, 1.82) is 0 Å². The minimum atomic E-state index is -1.25. The average molecular weight is 272 g/mol. The average Bonchev–Trinajstić information content (AvgIpc) is 2.46. The molecule has 2 rings (SSSR count). The molecule has 0 aromatic heterocycles. The maximum atomic E-state index is 14.2. The number of rotatable bonds is 4. The maximum Gasteiger partial charge on any atom is 0.338 e. The number of carboxylic acids is 1. The van der Waals surface area contributed by atoms with Crippen LogP contribution in [-0.4, -0.2) is 11.1 Å². The lowest BCUT2D eigenvalue weighted by Gasteiger charge is -2.11. The molecule has 2 nitrogen and oxygen atoms in total. The summed E-state index contributed by atoms with van der Waals surface area (Å²) < 4.78 is 14.2. The summed E-state index contributed by atoms with van der Waals surface area (Å²) in [5.74, 6) is -1.48. The molecule has 0 saturated carbocycles. The second-order valence-electron chi connectivity index (χ2n) is 4.90. The normalized spacial score (nSPS) is 12.2. The third-order valence-corrected chi connectivity index (χ3v) is 3.63. The fourth-order valence-electron chi connectivity index (χ4n) is 2.15. The van der Waals surface area contributed by atoms with E-state index in [9.17, 15) is 9.18 Å². The van der Waals surface area contributed by atoms with Crippen LogP contribution in [0.4, 0.5) is 4.39 Å². The van der Waals surface area contributed by atoms with Crippen LogP contribution in [0.2, 0.25) is 0 Å². The molecule has 1 N–H and O–H groups in total. The highest BCUT2D eigenvalue weighted by Crippen LogP contribution is 2.27. The summed E-state index contributed by atoms with van der Waals surface area (Å²) in [6, 6.07) is 12.0. The Morgan fingerprint density at radius 3 is 2.40 bits per heavy atom.